The van der Waals surface area contributed by atoms with Crippen LogP contribution in [-0.2, 0) is 15.6 Å². The summed E-state index contributed by atoms with van der Waals surface area (Å²) in [6.07, 6.45) is 0. The van der Waals surface area contributed by atoms with Crippen molar-refractivity contribution in [2.75, 3.05) is 5.73 Å². The molecule has 1 aromatic rings. The molecule has 0 aliphatic carbocycles. The smallest absolute Gasteiger partial charge is 0.308 e. The second-order valence-electron chi connectivity index (χ2n) is 5.53. The number of hydrogen-bond donors (Lipinski definition) is 1. The Kier molecular flexibility index (Phi) is 1.74. The minimum atomic E-state index is -3.48. The van der Waals surface area contributed by atoms with Gasteiger partial charge in [0.1, 0.15) is 5.75 Å². The number of esters is 1. The largest absolute Gasteiger partial charge is 0.426 e. The van der Waals surface area contributed by atoms with E-state index in [0.29, 0.717) is 5.56 Å². The van der Waals surface area contributed by atoms with Gasteiger partial charge in [0.05, 0.1) is 0 Å². The summed E-state index contributed by atoms with van der Waals surface area (Å²) in [5.41, 5.74) is 1.86. The second kappa shape index (κ2) is 4.87. The van der Waals surface area contributed by atoms with Gasteiger partial charge in [-0.3, -0.25) is 4.79 Å². The first-order valence-corrected chi connectivity index (χ1v) is 5.81. The zero-order valence-electron chi connectivity index (χ0n) is 20.5. The number of carbonyl (C=O) groups is 1. The number of rotatable bonds is 1. The Morgan fingerprint density at radius 2 is 1.74 bits per heavy atom. The van der Waals surface area contributed by atoms with E-state index in [-0.39, 0.29) is 5.69 Å². The van der Waals surface area contributed by atoms with Crippen LogP contribution in [-0.4, -0.2) is 5.97 Å². The lowest BCUT2D eigenvalue weighted by molar-refractivity contribution is -0.131. The van der Waals surface area contributed by atoms with Gasteiger partial charge in [-0.15, -0.1) is 0 Å². The van der Waals surface area contributed by atoms with Gasteiger partial charge < -0.3 is 10.5 Å². The van der Waals surface area contributed by atoms with Crippen LogP contribution in [0.15, 0.2) is 12.1 Å². The highest BCUT2D eigenvalue weighted by atomic mass is 16.5. The van der Waals surface area contributed by atoms with Gasteiger partial charge in [0.25, 0.3) is 0 Å². The third kappa shape index (κ3) is 3.72. The number of nitrogens with two attached hydrogens (primary N) is 1. The van der Waals surface area contributed by atoms with Gasteiger partial charge in [0.2, 0.25) is 0 Å². The van der Waals surface area contributed by atoms with Crippen molar-refractivity contribution in [2.45, 2.75) is 59.1 Å². The molecule has 0 fully saturated rings. The maximum absolute atomic E-state index is 11.5. The number of anilines is 1. The maximum atomic E-state index is 11.5. The molecule has 0 spiro atoms. The standard InChI is InChI=1S/C16H25NO2/c1-10(18)19-14-9-13(17)11(15(2,3)4)8-12(14)16(5,6)7/h8-9H,17H2,1-7H3/i5D3,6D3,7D3. The first kappa shape index (κ1) is 6.78. The Hall–Kier alpha value is -1.51. The molecule has 0 aliphatic heterocycles. The van der Waals surface area contributed by atoms with E-state index in [1.165, 1.54) is 0 Å². The molecule has 0 atom stereocenters. The molecule has 19 heavy (non-hydrogen) atoms. The summed E-state index contributed by atoms with van der Waals surface area (Å²) in [6, 6.07) is 2.23. The highest BCUT2D eigenvalue weighted by molar-refractivity contribution is 5.71. The van der Waals surface area contributed by atoms with Crippen molar-refractivity contribution in [1.82, 2.24) is 0 Å². The third-order valence-corrected chi connectivity index (χ3v) is 2.62. The van der Waals surface area contributed by atoms with E-state index in [9.17, 15) is 4.79 Å². The Labute approximate surface area is 128 Å². The number of nitrogen functional groups attached to an aromatic ring is 1. The van der Waals surface area contributed by atoms with Crippen molar-refractivity contribution in [2.24, 2.45) is 0 Å². The van der Waals surface area contributed by atoms with Crippen LogP contribution < -0.4 is 10.5 Å². The van der Waals surface area contributed by atoms with Crippen LogP contribution in [0.5, 0.6) is 5.75 Å². The van der Waals surface area contributed by atoms with Crippen molar-refractivity contribution in [1.29, 1.82) is 0 Å². The molecular formula is C16H25NO2. The van der Waals surface area contributed by atoms with Gasteiger partial charge in [-0.1, -0.05) is 41.3 Å². The van der Waals surface area contributed by atoms with E-state index in [1.54, 1.807) is 20.8 Å². The van der Waals surface area contributed by atoms with Crippen LogP contribution in [0.3, 0.4) is 0 Å². The number of benzene rings is 1. The van der Waals surface area contributed by atoms with Crippen molar-refractivity contribution in [3.05, 3.63) is 23.3 Å². The van der Waals surface area contributed by atoms with E-state index in [1.807, 2.05) is 0 Å². The van der Waals surface area contributed by atoms with Gasteiger partial charge in [0, 0.05) is 36.6 Å². The summed E-state index contributed by atoms with van der Waals surface area (Å²) in [7, 11) is 0. The Morgan fingerprint density at radius 3 is 2.16 bits per heavy atom. The zero-order chi connectivity index (χ0) is 22.5. The number of ether oxygens (including phenoxy) is 1. The van der Waals surface area contributed by atoms with Gasteiger partial charge >= 0.3 is 5.97 Å². The highest BCUT2D eigenvalue weighted by Gasteiger charge is 2.25. The average Bonchev–Trinajstić information content (AvgIpc) is 2.34. The first-order chi connectivity index (χ1) is 12.2. The van der Waals surface area contributed by atoms with Gasteiger partial charge in [-0.25, -0.2) is 0 Å². The predicted octanol–water partition coefficient (Wildman–Crippen LogP) is 3.79. The van der Waals surface area contributed by atoms with Crippen molar-refractivity contribution in [3.8, 4) is 5.75 Å². The Balaban J connectivity index is 4.26. The third-order valence-electron chi connectivity index (χ3n) is 2.62. The van der Waals surface area contributed by atoms with E-state index in [2.05, 4.69) is 0 Å². The van der Waals surface area contributed by atoms with E-state index in [0.717, 1.165) is 19.1 Å². The molecule has 0 heterocycles. The van der Waals surface area contributed by atoms with E-state index in [4.69, 9.17) is 22.8 Å². The maximum Gasteiger partial charge on any atom is 0.308 e. The SMILES string of the molecule is [2H]C([2H])([2H])C(c1cc(C(C)(C)C)c(N)cc1OC(C)=O)(C([2H])([2H])[2H])C([2H])([2H])[2H]. The van der Waals surface area contributed by atoms with E-state index >= 15 is 0 Å². The molecule has 0 saturated carbocycles. The molecule has 3 heteroatoms. The quantitative estimate of drug-likeness (QED) is 0.481. The van der Waals surface area contributed by atoms with Crippen LogP contribution in [0.1, 0.15) is 71.7 Å². The lowest BCUT2D eigenvalue weighted by Gasteiger charge is -2.28. The second-order valence-corrected chi connectivity index (χ2v) is 5.53. The lowest BCUT2D eigenvalue weighted by atomic mass is 9.79. The molecule has 1 aromatic carbocycles. The van der Waals surface area contributed by atoms with Gasteiger partial charge in [-0.2, -0.15) is 0 Å². The van der Waals surface area contributed by atoms with Crippen molar-refractivity contribution < 1.29 is 21.9 Å². The first-order valence-electron chi connectivity index (χ1n) is 10.3. The minimum Gasteiger partial charge on any atom is -0.426 e. The summed E-state index contributed by atoms with van der Waals surface area (Å²) < 4.78 is 76.0. The molecule has 0 bridgehead atoms. The summed E-state index contributed by atoms with van der Waals surface area (Å²) in [4.78, 5) is 11.5. The molecule has 0 radical (unpaired) electrons. The Morgan fingerprint density at radius 1 is 1.16 bits per heavy atom. The summed E-state index contributed by atoms with van der Waals surface area (Å²) in [5, 5.41) is 0. The number of carbonyl (C=O) groups excluding carboxylic acids is 1. The summed E-state index contributed by atoms with van der Waals surface area (Å²) >= 11 is 0. The predicted molar refractivity (Wildman–Crippen MR) is 79.6 cm³/mol. The number of hydrogen-bond acceptors (Lipinski definition) is 3. The monoisotopic (exact) mass is 272 g/mol. The van der Waals surface area contributed by atoms with Crippen LogP contribution in [0, 0.1) is 0 Å². The van der Waals surface area contributed by atoms with Crippen LogP contribution in [0.25, 0.3) is 0 Å². The summed E-state index contributed by atoms with van der Waals surface area (Å²) in [5.74, 6) is -1.37. The van der Waals surface area contributed by atoms with Crippen LogP contribution >= 0.6 is 0 Å². The highest BCUT2D eigenvalue weighted by Crippen LogP contribution is 2.38. The molecule has 3 nitrogen and oxygen atoms in total. The molecule has 1 rings (SSSR count). The molecule has 2 N–H and O–H groups in total. The van der Waals surface area contributed by atoms with Crippen molar-refractivity contribution in [3.63, 3.8) is 0 Å². The van der Waals surface area contributed by atoms with Crippen molar-refractivity contribution >= 4 is 11.7 Å². The fraction of sp³-hybridized carbons (Fsp3) is 0.562. The molecule has 0 unspecified atom stereocenters. The average molecular weight is 272 g/mol. The molecular weight excluding hydrogens is 238 g/mol. The lowest BCUT2D eigenvalue weighted by Crippen LogP contribution is -2.20. The molecule has 0 aromatic heterocycles. The molecule has 0 amide bonds. The van der Waals surface area contributed by atoms with Crippen LogP contribution in [0.2, 0.25) is 0 Å². The van der Waals surface area contributed by atoms with Gasteiger partial charge in [0.15, 0.2) is 0 Å². The normalized spacial score (nSPS) is 21.4. The molecule has 106 valence electrons. The molecule has 0 aliphatic rings. The topological polar surface area (TPSA) is 52.3 Å². The fourth-order valence-corrected chi connectivity index (χ4v) is 1.78. The summed E-state index contributed by atoms with van der Waals surface area (Å²) in [6.45, 7) is -4.18. The van der Waals surface area contributed by atoms with Gasteiger partial charge in [-0.05, 0) is 22.5 Å². The van der Waals surface area contributed by atoms with Crippen LogP contribution in [0.4, 0.5) is 5.69 Å². The van der Waals surface area contributed by atoms with E-state index < -0.39 is 48.7 Å². The Bertz CT molecular complexity index is 720. The minimum absolute atomic E-state index is 0.114. The molecule has 0 saturated heterocycles. The fourth-order valence-electron chi connectivity index (χ4n) is 1.78. The zero-order valence-corrected chi connectivity index (χ0v) is 11.5.